The Kier molecular flexibility index (Phi) is 8.28. The maximum absolute atomic E-state index is 11.5. The predicted molar refractivity (Wildman–Crippen MR) is 94.8 cm³/mol. The molecule has 0 radical (unpaired) electrons. The molecule has 0 aliphatic carbocycles. The van der Waals surface area contributed by atoms with Crippen molar-refractivity contribution < 1.29 is 13.2 Å². The molecule has 0 saturated carbocycles. The lowest BCUT2D eigenvalue weighted by Gasteiger charge is -2.39. The fourth-order valence-corrected chi connectivity index (χ4v) is 3.05. The van der Waals surface area contributed by atoms with Gasteiger partial charge in [-0.2, -0.15) is 0 Å². The van der Waals surface area contributed by atoms with Crippen molar-refractivity contribution in [3.63, 3.8) is 0 Å². The molecule has 136 valence electrons. The highest BCUT2D eigenvalue weighted by Gasteiger charge is 2.28. The van der Waals surface area contributed by atoms with Gasteiger partial charge in [0.1, 0.15) is 0 Å². The van der Waals surface area contributed by atoms with E-state index >= 15 is 0 Å². The summed E-state index contributed by atoms with van der Waals surface area (Å²) in [6.07, 6.45) is 0. The van der Waals surface area contributed by atoms with Gasteiger partial charge in [0.15, 0.2) is 15.8 Å². The minimum absolute atomic E-state index is 0.0539. The molecular weight excluding hydrogens is 316 g/mol. The molecule has 1 fully saturated rings. The Labute approximate surface area is 140 Å². The third-order valence-corrected chi connectivity index (χ3v) is 5.69. The highest BCUT2D eigenvalue weighted by atomic mass is 32.2. The van der Waals surface area contributed by atoms with E-state index in [-0.39, 0.29) is 17.0 Å². The lowest BCUT2D eigenvalue weighted by Crippen LogP contribution is -2.52. The quantitative estimate of drug-likeness (QED) is 0.478. The number of guanidine groups is 1. The third-order valence-electron chi connectivity index (χ3n) is 3.98. The second-order valence-corrected chi connectivity index (χ2v) is 8.74. The molecule has 0 aromatic heterocycles. The molecule has 8 heteroatoms. The summed E-state index contributed by atoms with van der Waals surface area (Å²) in [4.78, 5) is 7.00. The summed E-state index contributed by atoms with van der Waals surface area (Å²) in [6.45, 7) is 13.1. The van der Waals surface area contributed by atoms with E-state index in [0.717, 1.165) is 32.8 Å². The largest absolute Gasteiger partial charge is 0.379 e. The molecule has 1 saturated heterocycles. The van der Waals surface area contributed by atoms with Gasteiger partial charge in [-0.05, 0) is 20.8 Å². The van der Waals surface area contributed by atoms with Crippen LogP contribution in [0.4, 0.5) is 0 Å². The fourth-order valence-electron chi connectivity index (χ4n) is 2.35. The van der Waals surface area contributed by atoms with Crippen molar-refractivity contribution in [1.29, 1.82) is 0 Å². The van der Waals surface area contributed by atoms with Gasteiger partial charge in [0.2, 0.25) is 0 Å². The van der Waals surface area contributed by atoms with Crippen molar-refractivity contribution in [2.75, 3.05) is 57.4 Å². The molecule has 1 heterocycles. The molecule has 7 nitrogen and oxygen atoms in total. The minimum Gasteiger partial charge on any atom is -0.379 e. The van der Waals surface area contributed by atoms with E-state index in [9.17, 15) is 8.42 Å². The monoisotopic (exact) mass is 348 g/mol. The number of morpholine rings is 1. The predicted octanol–water partition coefficient (Wildman–Crippen LogP) is 0.0870. The van der Waals surface area contributed by atoms with Crippen LogP contribution in [-0.4, -0.2) is 82.3 Å². The van der Waals surface area contributed by atoms with E-state index in [1.165, 1.54) is 0 Å². The lowest BCUT2D eigenvalue weighted by atomic mass is 10.0. The number of sulfone groups is 1. The Balaban J connectivity index is 2.56. The van der Waals surface area contributed by atoms with Crippen LogP contribution in [0.15, 0.2) is 4.99 Å². The zero-order valence-electron chi connectivity index (χ0n) is 14.9. The zero-order valence-corrected chi connectivity index (χ0v) is 15.7. The molecule has 1 aliphatic rings. The molecule has 0 unspecified atom stereocenters. The number of hydrogen-bond donors (Lipinski definition) is 2. The molecule has 2 N–H and O–H groups in total. The average molecular weight is 349 g/mol. The van der Waals surface area contributed by atoms with Crippen molar-refractivity contribution in [2.24, 2.45) is 4.99 Å². The average Bonchev–Trinajstić information content (AvgIpc) is 2.53. The van der Waals surface area contributed by atoms with Gasteiger partial charge in [-0.3, -0.25) is 9.89 Å². The van der Waals surface area contributed by atoms with E-state index in [2.05, 4.69) is 34.4 Å². The Morgan fingerprint density at radius 2 is 1.87 bits per heavy atom. The third kappa shape index (κ3) is 7.50. The van der Waals surface area contributed by atoms with Crippen LogP contribution in [0.5, 0.6) is 0 Å². The molecule has 0 spiro atoms. The van der Waals surface area contributed by atoms with E-state index in [0.29, 0.717) is 19.0 Å². The van der Waals surface area contributed by atoms with Crippen LogP contribution in [0.3, 0.4) is 0 Å². The summed E-state index contributed by atoms with van der Waals surface area (Å²) in [5, 5.41) is 6.27. The Morgan fingerprint density at radius 1 is 1.22 bits per heavy atom. The van der Waals surface area contributed by atoms with E-state index < -0.39 is 9.84 Å². The van der Waals surface area contributed by atoms with Gasteiger partial charge < -0.3 is 15.4 Å². The second kappa shape index (κ2) is 9.44. The number of aliphatic imine (C=N–C) groups is 1. The Hall–Kier alpha value is -0.860. The zero-order chi connectivity index (χ0) is 17.3. The van der Waals surface area contributed by atoms with Crippen LogP contribution in [-0.2, 0) is 14.6 Å². The number of hydrogen-bond acceptors (Lipinski definition) is 5. The van der Waals surface area contributed by atoms with Gasteiger partial charge in [0, 0.05) is 37.5 Å². The second-order valence-electron chi connectivity index (χ2n) is 6.27. The van der Waals surface area contributed by atoms with Crippen molar-refractivity contribution >= 4 is 15.8 Å². The Morgan fingerprint density at radius 3 is 2.43 bits per heavy atom. The number of nitrogens with zero attached hydrogens (tertiary/aromatic N) is 2. The Bertz CT molecular complexity index is 471. The SMILES string of the molecule is CCNC(=NCC(C)(C)N1CCOCC1)NCCS(=O)(=O)CC. The molecule has 1 aliphatic heterocycles. The highest BCUT2D eigenvalue weighted by Crippen LogP contribution is 2.16. The van der Waals surface area contributed by atoms with E-state index in [4.69, 9.17) is 4.74 Å². The maximum atomic E-state index is 11.5. The van der Waals surface area contributed by atoms with Crippen LogP contribution < -0.4 is 10.6 Å². The van der Waals surface area contributed by atoms with Crippen LogP contribution in [0.25, 0.3) is 0 Å². The maximum Gasteiger partial charge on any atom is 0.191 e. The van der Waals surface area contributed by atoms with Gasteiger partial charge in [-0.1, -0.05) is 6.92 Å². The topological polar surface area (TPSA) is 83.0 Å². The lowest BCUT2D eigenvalue weighted by molar-refractivity contribution is -0.00683. The van der Waals surface area contributed by atoms with Crippen LogP contribution >= 0.6 is 0 Å². The van der Waals surface area contributed by atoms with Gasteiger partial charge in [0.05, 0.1) is 25.5 Å². The molecule has 0 aromatic carbocycles. The normalized spacial score (nSPS) is 18.0. The van der Waals surface area contributed by atoms with Gasteiger partial charge >= 0.3 is 0 Å². The smallest absolute Gasteiger partial charge is 0.191 e. The van der Waals surface area contributed by atoms with Crippen molar-refractivity contribution in [3.8, 4) is 0 Å². The van der Waals surface area contributed by atoms with Crippen molar-refractivity contribution in [2.45, 2.75) is 33.2 Å². The first kappa shape index (κ1) is 20.2. The van der Waals surface area contributed by atoms with Crippen molar-refractivity contribution in [3.05, 3.63) is 0 Å². The number of nitrogens with one attached hydrogen (secondary N) is 2. The van der Waals surface area contributed by atoms with Crippen molar-refractivity contribution in [1.82, 2.24) is 15.5 Å². The summed E-state index contributed by atoms with van der Waals surface area (Å²) >= 11 is 0. The first-order valence-corrected chi connectivity index (χ1v) is 10.2. The van der Waals surface area contributed by atoms with E-state index in [1.807, 2.05) is 6.92 Å². The molecule has 0 atom stereocenters. The first-order valence-electron chi connectivity index (χ1n) is 8.36. The van der Waals surface area contributed by atoms with Crippen LogP contribution in [0, 0.1) is 0 Å². The van der Waals surface area contributed by atoms with Gasteiger partial charge in [0.25, 0.3) is 0 Å². The van der Waals surface area contributed by atoms with Crippen LogP contribution in [0.1, 0.15) is 27.7 Å². The summed E-state index contributed by atoms with van der Waals surface area (Å²) < 4.78 is 28.5. The van der Waals surface area contributed by atoms with Gasteiger partial charge in [-0.25, -0.2) is 8.42 Å². The summed E-state index contributed by atoms with van der Waals surface area (Å²) in [5.41, 5.74) is -0.0539. The molecule has 0 amide bonds. The first-order chi connectivity index (χ1) is 10.8. The van der Waals surface area contributed by atoms with E-state index in [1.54, 1.807) is 6.92 Å². The summed E-state index contributed by atoms with van der Waals surface area (Å²) in [5.74, 6) is 0.966. The summed E-state index contributed by atoms with van der Waals surface area (Å²) in [7, 11) is -2.96. The van der Waals surface area contributed by atoms with Crippen LogP contribution in [0.2, 0.25) is 0 Å². The number of rotatable bonds is 8. The number of ether oxygens (including phenoxy) is 1. The summed E-state index contributed by atoms with van der Waals surface area (Å²) in [6, 6.07) is 0. The molecule has 23 heavy (non-hydrogen) atoms. The standard InChI is InChI=1S/C15H32N4O3S/c1-5-16-14(17-7-12-23(20,21)6-2)18-13-15(3,4)19-8-10-22-11-9-19/h5-13H2,1-4H3,(H2,16,17,18). The molecule has 0 bridgehead atoms. The molecule has 1 rings (SSSR count). The molecular formula is C15H32N4O3S. The highest BCUT2D eigenvalue weighted by molar-refractivity contribution is 7.91. The minimum atomic E-state index is -2.96. The fraction of sp³-hybridized carbons (Fsp3) is 0.933. The van der Waals surface area contributed by atoms with Gasteiger partial charge in [-0.15, -0.1) is 0 Å². The molecule has 0 aromatic rings.